The molecule has 2 fully saturated rings. The molecule has 1 aromatic rings. The first kappa shape index (κ1) is 13.8. The van der Waals surface area contributed by atoms with Gasteiger partial charge in [-0.2, -0.15) is 0 Å². The molecule has 2 heterocycles. The van der Waals surface area contributed by atoms with Crippen LogP contribution < -0.4 is 10.2 Å². The van der Waals surface area contributed by atoms with E-state index in [0.717, 1.165) is 44.7 Å². The SMILES string of the molecule is CC(CCNC1CC1)N1CCN(c2ncccn2)CC1. The number of nitrogens with zero attached hydrogens (tertiary/aromatic N) is 4. The number of rotatable bonds is 6. The van der Waals surface area contributed by atoms with E-state index in [1.807, 2.05) is 18.5 Å². The summed E-state index contributed by atoms with van der Waals surface area (Å²) in [5, 5.41) is 3.60. The molecule has 1 saturated heterocycles. The van der Waals surface area contributed by atoms with E-state index in [2.05, 4.69) is 32.0 Å². The molecule has 2 aliphatic rings. The van der Waals surface area contributed by atoms with Crippen molar-refractivity contribution in [2.45, 2.75) is 38.3 Å². The molecule has 3 rings (SSSR count). The Morgan fingerprint density at radius 2 is 1.90 bits per heavy atom. The largest absolute Gasteiger partial charge is 0.338 e. The minimum atomic E-state index is 0.667. The molecular weight excluding hydrogens is 250 g/mol. The van der Waals surface area contributed by atoms with Crippen LogP contribution in [0.4, 0.5) is 5.95 Å². The molecule has 0 amide bonds. The van der Waals surface area contributed by atoms with Crippen LogP contribution in [-0.4, -0.2) is 59.7 Å². The minimum Gasteiger partial charge on any atom is -0.338 e. The van der Waals surface area contributed by atoms with E-state index in [0.29, 0.717) is 6.04 Å². The number of hydrogen-bond donors (Lipinski definition) is 1. The maximum absolute atomic E-state index is 4.33. The highest BCUT2D eigenvalue weighted by molar-refractivity contribution is 5.29. The lowest BCUT2D eigenvalue weighted by Gasteiger charge is -2.38. The van der Waals surface area contributed by atoms with Crippen molar-refractivity contribution in [2.24, 2.45) is 0 Å². The normalized spacial score (nSPS) is 21.9. The number of piperazine rings is 1. The summed E-state index contributed by atoms with van der Waals surface area (Å²) in [6, 6.07) is 3.36. The van der Waals surface area contributed by atoms with Crippen LogP contribution in [0.5, 0.6) is 0 Å². The molecule has 110 valence electrons. The van der Waals surface area contributed by atoms with E-state index in [-0.39, 0.29) is 0 Å². The van der Waals surface area contributed by atoms with Crippen molar-refractivity contribution >= 4 is 5.95 Å². The van der Waals surface area contributed by atoms with Gasteiger partial charge in [0.1, 0.15) is 0 Å². The molecule has 1 aliphatic heterocycles. The van der Waals surface area contributed by atoms with Crippen molar-refractivity contribution in [3.63, 3.8) is 0 Å². The maximum atomic E-state index is 4.33. The second-order valence-electron chi connectivity index (χ2n) is 5.94. The summed E-state index contributed by atoms with van der Waals surface area (Å²) in [7, 11) is 0. The fourth-order valence-electron chi connectivity index (χ4n) is 2.78. The van der Waals surface area contributed by atoms with E-state index >= 15 is 0 Å². The van der Waals surface area contributed by atoms with Crippen LogP contribution in [0.3, 0.4) is 0 Å². The fraction of sp³-hybridized carbons (Fsp3) is 0.733. The van der Waals surface area contributed by atoms with Crippen molar-refractivity contribution < 1.29 is 0 Å². The Balaban J connectivity index is 1.40. The van der Waals surface area contributed by atoms with Gasteiger partial charge in [-0.15, -0.1) is 0 Å². The van der Waals surface area contributed by atoms with Gasteiger partial charge in [-0.3, -0.25) is 4.90 Å². The average molecular weight is 275 g/mol. The Morgan fingerprint density at radius 3 is 2.55 bits per heavy atom. The Morgan fingerprint density at radius 1 is 1.20 bits per heavy atom. The summed E-state index contributed by atoms with van der Waals surface area (Å²) in [5.74, 6) is 0.871. The predicted octanol–water partition coefficient (Wildman–Crippen LogP) is 1.13. The van der Waals surface area contributed by atoms with Gasteiger partial charge in [0, 0.05) is 50.7 Å². The highest BCUT2D eigenvalue weighted by atomic mass is 15.3. The minimum absolute atomic E-state index is 0.667. The lowest BCUT2D eigenvalue weighted by Crippen LogP contribution is -2.50. The third-order valence-corrected chi connectivity index (χ3v) is 4.35. The quantitative estimate of drug-likeness (QED) is 0.843. The lowest BCUT2D eigenvalue weighted by molar-refractivity contribution is 0.187. The van der Waals surface area contributed by atoms with Gasteiger partial charge in [-0.1, -0.05) is 0 Å². The van der Waals surface area contributed by atoms with Gasteiger partial charge in [0.2, 0.25) is 5.95 Å². The number of nitrogens with one attached hydrogen (secondary N) is 1. The molecule has 5 nitrogen and oxygen atoms in total. The molecular formula is C15H25N5. The van der Waals surface area contributed by atoms with Gasteiger partial charge >= 0.3 is 0 Å². The molecule has 0 radical (unpaired) electrons. The highest BCUT2D eigenvalue weighted by Crippen LogP contribution is 2.19. The lowest BCUT2D eigenvalue weighted by atomic mass is 10.1. The summed E-state index contributed by atoms with van der Waals surface area (Å²) in [6.45, 7) is 7.80. The van der Waals surface area contributed by atoms with Crippen molar-refractivity contribution in [3.8, 4) is 0 Å². The molecule has 0 spiro atoms. The van der Waals surface area contributed by atoms with E-state index in [4.69, 9.17) is 0 Å². The predicted molar refractivity (Wildman–Crippen MR) is 80.9 cm³/mol. The summed E-state index contributed by atoms with van der Waals surface area (Å²) < 4.78 is 0. The Labute approximate surface area is 121 Å². The molecule has 5 heteroatoms. The van der Waals surface area contributed by atoms with Crippen molar-refractivity contribution in [2.75, 3.05) is 37.6 Å². The smallest absolute Gasteiger partial charge is 0.225 e. The zero-order valence-corrected chi connectivity index (χ0v) is 12.3. The molecule has 0 aromatic carbocycles. The number of anilines is 1. The highest BCUT2D eigenvalue weighted by Gasteiger charge is 2.23. The van der Waals surface area contributed by atoms with Gasteiger partial charge < -0.3 is 10.2 Å². The monoisotopic (exact) mass is 275 g/mol. The topological polar surface area (TPSA) is 44.3 Å². The molecule has 0 bridgehead atoms. The Kier molecular flexibility index (Phi) is 4.47. The Hall–Kier alpha value is -1.20. The van der Waals surface area contributed by atoms with E-state index < -0.39 is 0 Å². The van der Waals surface area contributed by atoms with Gasteiger partial charge in [0.15, 0.2) is 0 Å². The second kappa shape index (κ2) is 6.50. The third-order valence-electron chi connectivity index (χ3n) is 4.35. The molecule has 1 atom stereocenters. The fourth-order valence-corrected chi connectivity index (χ4v) is 2.78. The van der Waals surface area contributed by atoms with Crippen LogP contribution >= 0.6 is 0 Å². The van der Waals surface area contributed by atoms with Crippen molar-refractivity contribution in [1.29, 1.82) is 0 Å². The zero-order valence-electron chi connectivity index (χ0n) is 12.3. The third kappa shape index (κ3) is 3.67. The van der Waals surface area contributed by atoms with Crippen LogP contribution in [0.2, 0.25) is 0 Å². The first-order chi connectivity index (χ1) is 9.83. The van der Waals surface area contributed by atoms with Crippen LogP contribution in [0.25, 0.3) is 0 Å². The van der Waals surface area contributed by atoms with E-state index in [1.165, 1.54) is 19.3 Å². The number of hydrogen-bond acceptors (Lipinski definition) is 5. The molecule has 1 aliphatic carbocycles. The van der Waals surface area contributed by atoms with E-state index in [1.54, 1.807) is 0 Å². The molecule has 1 unspecified atom stereocenters. The van der Waals surface area contributed by atoms with Gasteiger partial charge in [0.05, 0.1) is 0 Å². The van der Waals surface area contributed by atoms with Crippen molar-refractivity contribution in [1.82, 2.24) is 20.2 Å². The Bertz CT molecular complexity index is 398. The summed E-state index contributed by atoms with van der Waals surface area (Å²) in [4.78, 5) is 13.5. The second-order valence-corrected chi connectivity index (χ2v) is 5.94. The molecule has 1 aromatic heterocycles. The van der Waals surface area contributed by atoms with Crippen LogP contribution in [0.15, 0.2) is 18.5 Å². The first-order valence-electron chi connectivity index (χ1n) is 7.82. The summed E-state index contributed by atoms with van der Waals surface area (Å²) >= 11 is 0. The first-order valence-corrected chi connectivity index (χ1v) is 7.82. The van der Waals surface area contributed by atoms with Gasteiger partial charge in [-0.05, 0) is 38.8 Å². The van der Waals surface area contributed by atoms with Crippen LogP contribution in [-0.2, 0) is 0 Å². The van der Waals surface area contributed by atoms with Crippen LogP contribution in [0.1, 0.15) is 26.2 Å². The van der Waals surface area contributed by atoms with E-state index in [9.17, 15) is 0 Å². The van der Waals surface area contributed by atoms with Gasteiger partial charge in [0.25, 0.3) is 0 Å². The maximum Gasteiger partial charge on any atom is 0.225 e. The molecule has 1 saturated carbocycles. The van der Waals surface area contributed by atoms with Crippen molar-refractivity contribution in [3.05, 3.63) is 18.5 Å². The number of aromatic nitrogens is 2. The molecule has 1 N–H and O–H groups in total. The average Bonchev–Trinajstić information content (AvgIpc) is 3.32. The standard InChI is InChI=1S/C15H25N5/c1-13(5-8-16-14-3-4-14)19-9-11-20(12-10-19)15-17-6-2-7-18-15/h2,6-7,13-14,16H,3-5,8-12H2,1H3. The zero-order chi connectivity index (χ0) is 13.8. The van der Waals surface area contributed by atoms with Gasteiger partial charge in [-0.25, -0.2) is 9.97 Å². The summed E-state index contributed by atoms with van der Waals surface area (Å²) in [6.07, 6.45) is 7.65. The summed E-state index contributed by atoms with van der Waals surface area (Å²) in [5.41, 5.74) is 0. The molecule has 20 heavy (non-hydrogen) atoms. The van der Waals surface area contributed by atoms with Crippen LogP contribution in [0, 0.1) is 0 Å².